The van der Waals surface area contributed by atoms with Crippen molar-refractivity contribution in [3.05, 3.63) is 36.6 Å². The second kappa shape index (κ2) is 5.66. The minimum Gasteiger partial charge on any atom is -0.344 e. The van der Waals surface area contributed by atoms with Crippen LogP contribution in [0.3, 0.4) is 0 Å². The fourth-order valence-corrected chi connectivity index (χ4v) is 2.55. The van der Waals surface area contributed by atoms with Gasteiger partial charge in [-0.15, -0.1) is 0 Å². The Bertz CT molecular complexity index is 699. The van der Waals surface area contributed by atoms with Gasteiger partial charge < -0.3 is 9.30 Å². The molecule has 2 unspecified atom stereocenters. The van der Waals surface area contributed by atoms with Crippen LogP contribution < -0.4 is 0 Å². The number of hydrogen-bond acceptors (Lipinski definition) is 5. The second-order valence-electron chi connectivity index (χ2n) is 5.26. The number of aromatic nitrogens is 3. The summed E-state index contributed by atoms with van der Waals surface area (Å²) in [6.07, 6.45) is 4.33. The van der Waals surface area contributed by atoms with E-state index in [2.05, 4.69) is 9.97 Å². The summed E-state index contributed by atoms with van der Waals surface area (Å²) in [5, 5.41) is 2.14. The van der Waals surface area contributed by atoms with Gasteiger partial charge in [-0.3, -0.25) is 9.63 Å². The highest BCUT2D eigenvalue weighted by Crippen LogP contribution is 2.36. The van der Waals surface area contributed by atoms with Crippen LogP contribution >= 0.6 is 0 Å². The quantitative estimate of drug-likeness (QED) is 0.803. The summed E-state index contributed by atoms with van der Waals surface area (Å²) in [6, 6.07) is 1.95. The number of carbonyl (C=O) groups is 1. The third-order valence-electron chi connectivity index (χ3n) is 3.89. The summed E-state index contributed by atoms with van der Waals surface area (Å²) in [6.45, 7) is 3.81. The zero-order valence-corrected chi connectivity index (χ0v) is 13.0. The van der Waals surface area contributed by atoms with Gasteiger partial charge >= 0.3 is 0 Å². The Morgan fingerprint density at radius 3 is 2.91 bits per heavy atom. The molecule has 2 atom stereocenters. The highest BCUT2D eigenvalue weighted by atomic mass is 16.7. The molecule has 0 N–H and O–H groups in total. The van der Waals surface area contributed by atoms with Crippen LogP contribution in [0.25, 0.3) is 11.0 Å². The number of fused-ring (bicyclic) bond motifs is 1. The lowest BCUT2D eigenvalue weighted by Crippen LogP contribution is -2.37. The molecule has 1 aliphatic heterocycles. The van der Waals surface area contributed by atoms with Gasteiger partial charge in [-0.05, 0) is 13.0 Å². The molecule has 3 rings (SSSR count). The molecule has 7 nitrogen and oxygen atoms in total. The molecule has 0 aromatic carbocycles. The first kappa shape index (κ1) is 14.9. The monoisotopic (exact) mass is 302 g/mol. The van der Waals surface area contributed by atoms with Crippen LogP contribution in [0.15, 0.2) is 18.6 Å². The maximum atomic E-state index is 12.2. The average molecular weight is 302 g/mol. The number of amides is 1. The standard InChI is InChI=1S/C15H18N4O3/c1-9-7-12(22-13(9)15(20)18(3)21-4)19-6-5-11-10(2)16-8-17-14(11)19/h5-8,12-13H,1-4H3. The SMILES string of the molecule is CON(C)C(=O)C1OC(n2ccc3c(C)ncnc32)[CH][C]1C. The molecular formula is C15H18N4O3. The van der Waals surface area contributed by atoms with Gasteiger partial charge in [0, 0.05) is 31.0 Å². The molecule has 3 heterocycles. The van der Waals surface area contributed by atoms with Crippen molar-refractivity contribution in [3.63, 3.8) is 0 Å². The first-order valence-corrected chi connectivity index (χ1v) is 6.96. The van der Waals surface area contributed by atoms with Crippen LogP contribution in [-0.2, 0) is 14.4 Å². The van der Waals surface area contributed by atoms with E-state index in [0.29, 0.717) is 0 Å². The van der Waals surface area contributed by atoms with E-state index >= 15 is 0 Å². The van der Waals surface area contributed by atoms with Crippen molar-refractivity contribution >= 4 is 16.9 Å². The number of rotatable bonds is 3. The lowest BCUT2D eigenvalue weighted by Gasteiger charge is -2.20. The zero-order chi connectivity index (χ0) is 15.9. The van der Waals surface area contributed by atoms with Gasteiger partial charge in [0.1, 0.15) is 24.3 Å². The predicted octanol–water partition coefficient (Wildman–Crippen LogP) is 1.46. The minimum atomic E-state index is -0.643. The first-order valence-electron chi connectivity index (χ1n) is 6.96. The molecule has 2 aromatic heterocycles. The molecule has 7 heteroatoms. The molecule has 1 amide bonds. The van der Waals surface area contributed by atoms with Crippen molar-refractivity contribution in [2.24, 2.45) is 0 Å². The molecule has 2 radical (unpaired) electrons. The van der Waals surface area contributed by atoms with Gasteiger partial charge in [0.15, 0.2) is 0 Å². The van der Waals surface area contributed by atoms with Crippen LogP contribution in [0.4, 0.5) is 0 Å². The molecule has 0 bridgehead atoms. The summed E-state index contributed by atoms with van der Waals surface area (Å²) < 4.78 is 7.79. The Kier molecular flexibility index (Phi) is 3.84. The summed E-state index contributed by atoms with van der Waals surface area (Å²) in [5.74, 6) is 0.618. The van der Waals surface area contributed by atoms with Crippen LogP contribution in [0.1, 0.15) is 18.8 Å². The van der Waals surface area contributed by atoms with E-state index in [4.69, 9.17) is 9.57 Å². The Labute approximate surface area is 128 Å². The van der Waals surface area contributed by atoms with Crippen LogP contribution in [0.5, 0.6) is 0 Å². The lowest BCUT2D eigenvalue weighted by atomic mass is 10.0. The first-order chi connectivity index (χ1) is 10.5. The Hall–Kier alpha value is -1.99. The van der Waals surface area contributed by atoms with Gasteiger partial charge in [-0.2, -0.15) is 0 Å². The number of carbonyl (C=O) groups excluding carboxylic acids is 1. The Balaban J connectivity index is 1.87. The summed E-state index contributed by atoms with van der Waals surface area (Å²) >= 11 is 0. The predicted molar refractivity (Wildman–Crippen MR) is 79.2 cm³/mol. The Morgan fingerprint density at radius 2 is 2.18 bits per heavy atom. The molecule has 0 spiro atoms. The van der Waals surface area contributed by atoms with Crippen molar-refractivity contribution in [2.75, 3.05) is 14.2 Å². The van der Waals surface area contributed by atoms with E-state index in [9.17, 15) is 4.79 Å². The molecule has 2 aromatic rings. The third kappa shape index (κ3) is 2.36. The fraction of sp³-hybridized carbons (Fsp3) is 0.400. The molecule has 116 valence electrons. The van der Waals surface area contributed by atoms with Gasteiger partial charge in [0.2, 0.25) is 0 Å². The normalized spacial score (nSPS) is 22.4. The van der Waals surface area contributed by atoms with E-state index in [1.165, 1.54) is 18.5 Å². The topological polar surface area (TPSA) is 69.5 Å². The largest absolute Gasteiger partial charge is 0.344 e. The van der Waals surface area contributed by atoms with Crippen LogP contribution in [0, 0.1) is 19.3 Å². The molecule has 0 saturated carbocycles. The van der Waals surface area contributed by atoms with Gasteiger partial charge in [-0.1, -0.05) is 6.92 Å². The van der Waals surface area contributed by atoms with Crippen LogP contribution in [0.2, 0.25) is 0 Å². The number of ether oxygens (including phenoxy) is 1. The number of hydrogen-bond donors (Lipinski definition) is 0. The van der Waals surface area contributed by atoms with E-state index in [1.54, 1.807) is 7.05 Å². The van der Waals surface area contributed by atoms with Crippen molar-refractivity contribution in [1.82, 2.24) is 19.6 Å². The van der Waals surface area contributed by atoms with E-state index in [0.717, 1.165) is 22.6 Å². The van der Waals surface area contributed by atoms with Crippen molar-refractivity contribution in [3.8, 4) is 0 Å². The van der Waals surface area contributed by atoms with Crippen LogP contribution in [-0.4, -0.2) is 45.8 Å². The molecule has 1 fully saturated rings. The lowest BCUT2D eigenvalue weighted by molar-refractivity contribution is -0.180. The van der Waals surface area contributed by atoms with Crippen molar-refractivity contribution in [1.29, 1.82) is 0 Å². The number of aryl methyl sites for hydroxylation is 1. The smallest absolute Gasteiger partial charge is 0.275 e. The van der Waals surface area contributed by atoms with Gasteiger partial charge in [-0.25, -0.2) is 15.0 Å². The second-order valence-corrected chi connectivity index (χ2v) is 5.26. The maximum Gasteiger partial charge on any atom is 0.275 e. The van der Waals surface area contributed by atoms with Gasteiger partial charge in [0.05, 0.1) is 12.8 Å². The van der Waals surface area contributed by atoms with E-state index in [1.807, 2.05) is 37.1 Å². The maximum absolute atomic E-state index is 12.2. The summed E-state index contributed by atoms with van der Waals surface area (Å²) in [4.78, 5) is 25.7. The minimum absolute atomic E-state index is 0.235. The average Bonchev–Trinajstić information content (AvgIpc) is 3.10. The highest BCUT2D eigenvalue weighted by Gasteiger charge is 2.40. The zero-order valence-electron chi connectivity index (χ0n) is 13.0. The molecule has 1 aliphatic rings. The highest BCUT2D eigenvalue weighted by molar-refractivity contribution is 5.83. The van der Waals surface area contributed by atoms with E-state index in [-0.39, 0.29) is 12.1 Å². The van der Waals surface area contributed by atoms with E-state index < -0.39 is 6.10 Å². The molecular weight excluding hydrogens is 284 g/mol. The summed E-state index contributed by atoms with van der Waals surface area (Å²) in [7, 11) is 3.01. The third-order valence-corrected chi connectivity index (χ3v) is 3.89. The number of nitrogens with zero attached hydrogens (tertiary/aromatic N) is 4. The Morgan fingerprint density at radius 1 is 1.41 bits per heavy atom. The van der Waals surface area contributed by atoms with Crippen molar-refractivity contribution in [2.45, 2.75) is 26.2 Å². The molecule has 1 saturated heterocycles. The fourth-order valence-electron chi connectivity index (χ4n) is 2.55. The van der Waals surface area contributed by atoms with Gasteiger partial charge in [0.25, 0.3) is 5.91 Å². The summed E-state index contributed by atoms with van der Waals surface area (Å²) in [5.41, 5.74) is 1.70. The number of likely N-dealkylation sites (N-methyl/N-ethyl adjacent to an activating group) is 1. The van der Waals surface area contributed by atoms with Crippen molar-refractivity contribution < 1.29 is 14.4 Å². The molecule has 0 aliphatic carbocycles. The molecule has 22 heavy (non-hydrogen) atoms. The number of hydroxylamine groups is 2.